The van der Waals surface area contributed by atoms with Crippen LogP contribution in [-0.2, 0) is 20.2 Å². The first kappa shape index (κ1) is 18.1. The van der Waals surface area contributed by atoms with Crippen molar-refractivity contribution in [1.82, 2.24) is 4.72 Å². The number of sulfonamides is 1. The Morgan fingerprint density at radius 3 is 2.19 bits per heavy atom. The highest BCUT2D eigenvalue weighted by atomic mass is 32.2. The average Bonchev–Trinajstić information content (AvgIpc) is 2.46. The fourth-order valence-electron chi connectivity index (χ4n) is 2.01. The number of rotatable bonds is 8. The van der Waals surface area contributed by atoms with Crippen molar-refractivity contribution in [3.8, 4) is 0 Å². The molecule has 0 aliphatic carbocycles. The van der Waals surface area contributed by atoms with Gasteiger partial charge in [0.05, 0.1) is 11.5 Å². The molecule has 1 N–H and O–H groups in total. The van der Waals surface area contributed by atoms with Gasteiger partial charge in [-0.2, -0.15) is 0 Å². The second-order valence-corrected chi connectivity index (χ2v) is 7.66. The van der Waals surface area contributed by atoms with Crippen LogP contribution in [0, 0.1) is 0 Å². The van der Waals surface area contributed by atoms with Gasteiger partial charge in [0.1, 0.15) is 0 Å². The third-order valence-electron chi connectivity index (χ3n) is 4.01. The minimum absolute atomic E-state index is 0.0533. The van der Waals surface area contributed by atoms with Gasteiger partial charge >= 0.3 is 0 Å². The summed E-state index contributed by atoms with van der Waals surface area (Å²) in [6.45, 7) is 8.74. The molecule has 4 nitrogen and oxygen atoms in total. The van der Waals surface area contributed by atoms with Crippen LogP contribution >= 0.6 is 0 Å². The van der Waals surface area contributed by atoms with E-state index < -0.39 is 10.0 Å². The van der Waals surface area contributed by atoms with Crippen molar-refractivity contribution in [3.63, 3.8) is 0 Å². The zero-order chi connectivity index (χ0) is 16.1. The van der Waals surface area contributed by atoms with E-state index in [1.165, 1.54) is 0 Å². The second kappa shape index (κ2) is 7.38. The third kappa shape index (κ3) is 4.80. The van der Waals surface area contributed by atoms with E-state index in [0.717, 1.165) is 12.0 Å². The Kier molecular flexibility index (Phi) is 6.38. The molecule has 5 heteroatoms. The van der Waals surface area contributed by atoms with E-state index in [2.05, 4.69) is 25.5 Å². The predicted octanol–water partition coefficient (Wildman–Crippen LogP) is 3.08. The summed E-state index contributed by atoms with van der Waals surface area (Å²) in [5.74, 6) is 0. The summed E-state index contributed by atoms with van der Waals surface area (Å²) < 4.78 is 32.4. The maximum atomic E-state index is 12.3. The third-order valence-corrected chi connectivity index (χ3v) is 5.55. The molecule has 0 aromatic heterocycles. The molecule has 1 aromatic carbocycles. The molecule has 1 aromatic rings. The smallest absolute Gasteiger partial charge is 0.240 e. The molecular formula is C16H27NO3S. The fourth-order valence-corrected chi connectivity index (χ4v) is 3.32. The van der Waals surface area contributed by atoms with Crippen molar-refractivity contribution < 1.29 is 13.2 Å². The predicted molar refractivity (Wildman–Crippen MR) is 86.0 cm³/mol. The summed E-state index contributed by atoms with van der Waals surface area (Å²) in [6, 6.07) is 6.94. The highest BCUT2D eigenvalue weighted by molar-refractivity contribution is 7.89. The first-order valence-corrected chi connectivity index (χ1v) is 8.87. The number of methoxy groups -OCH3 is 1. The van der Waals surface area contributed by atoms with Crippen LogP contribution in [0.2, 0.25) is 0 Å². The summed E-state index contributed by atoms with van der Waals surface area (Å²) in [5, 5.41) is 0. The maximum Gasteiger partial charge on any atom is 0.240 e. The number of hydrogen-bond donors (Lipinski definition) is 1. The molecule has 0 spiro atoms. The van der Waals surface area contributed by atoms with Gasteiger partial charge in [-0.05, 0) is 36.0 Å². The van der Waals surface area contributed by atoms with E-state index in [0.29, 0.717) is 17.9 Å². The Balaban J connectivity index is 2.95. The van der Waals surface area contributed by atoms with Crippen molar-refractivity contribution in [3.05, 3.63) is 29.8 Å². The molecule has 1 unspecified atom stereocenters. The van der Waals surface area contributed by atoms with E-state index in [-0.39, 0.29) is 11.5 Å². The monoisotopic (exact) mass is 313 g/mol. The van der Waals surface area contributed by atoms with E-state index in [9.17, 15) is 8.42 Å². The van der Waals surface area contributed by atoms with Gasteiger partial charge in [0.25, 0.3) is 0 Å². The minimum Gasteiger partial charge on any atom is -0.383 e. The molecule has 0 heterocycles. The average molecular weight is 313 g/mol. The highest BCUT2D eigenvalue weighted by Crippen LogP contribution is 2.27. The van der Waals surface area contributed by atoms with Gasteiger partial charge in [-0.1, -0.05) is 39.8 Å². The van der Waals surface area contributed by atoms with Gasteiger partial charge < -0.3 is 4.74 Å². The number of benzene rings is 1. The van der Waals surface area contributed by atoms with Crippen LogP contribution in [0.5, 0.6) is 0 Å². The molecule has 21 heavy (non-hydrogen) atoms. The van der Waals surface area contributed by atoms with Crippen LogP contribution in [0.1, 0.15) is 46.1 Å². The SMILES string of the molecule is CCC(COC)NS(=O)(=O)c1ccc(C(C)(C)CC)cc1. The van der Waals surface area contributed by atoms with Gasteiger partial charge in [-0.3, -0.25) is 0 Å². The van der Waals surface area contributed by atoms with Gasteiger partial charge in [-0.25, -0.2) is 13.1 Å². The second-order valence-electron chi connectivity index (χ2n) is 5.94. The van der Waals surface area contributed by atoms with Crippen LogP contribution in [0.3, 0.4) is 0 Å². The highest BCUT2D eigenvalue weighted by Gasteiger charge is 2.21. The standard InChI is InChI=1S/C16H27NO3S/c1-6-14(12-20-5)17-21(18,19)15-10-8-13(9-11-15)16(3,4)7-2/h8-11,14,17H,6-7,12H2,1-5H3. The van der Waals surface area contributed by atoms with Gasteiger partial charge in [-0.15, -0.1) is 0 Å². The summed E-state index contributed by atoms with van der Waals surface area (Å²) in [5.41, 5.74) is 1.20. The van der Waals surface area contributed by atoms with Gasteiger partial charge in [0.15, 0.2) is 0 Å². The van der Waals surface area contributed by atoms with E-state index in [4.69, 9.17) is 4.74 Å². The Bertz CT molecular complexity index is 535. The van der Waals surface area contributed by atoms with Crippen molar-refractivity contribution in [2.75, 3.05) is 13.7 Å². The summed E-state index contributed by atoms with van der Waals surface area (Å²) in [7, 11) is -1.92. The zero-order valence-electron chi connectivity index (χ0n) is 13.6. The van der Waals surface area contributed by atoms with E-state index in [1.54, 1.807) is 19.2 Å². The molecule has 120 valence electrons. The largest absolute Gasteiger partial charge is 0.383 e. The van der Waals surface area contributed by atoms with Crippen molar-refractivity contribution in [2.45, 2.75) is 56.9 Å². The zero-order valence-corrected chi connectivity index (χ0v) is 14.5. The van der Waals surface area contributed by atoms with Crippen LogP contribution < -0.4 is 4.72 Å². The molecule has 0 fully saturated rings. The molecule has 0 saturated heterocycles. The molecule has 0 radical (unpaired) electrons. The maximum absolute atomic E-state index is 12.3. The molecule has 0 aliphatic heterocycles. The van der Waals surface area contributed by atoms with Gasteiger partial charge in [0, 0.05) is 13.2 Å². The lowest BCUT2D eigenvalue weighted by Gasteiger charge is -2.23. The van der Waals surface area contributed by atoms with Crippen molar-refractivity contribution in [1.29, 1.82) is 0 Å². The topological polar surface area (TPSA) is 55.4 Å². The molecule has 0 bridgehead atoms. The van der Waals surface area contributed by atoms with Crippen LogP contribution in [0.25, 0.3) is 0 Å². The first-order valence-electron chi connectivity index (χ1n) is 7.38. The molecule has 0 saturated carbocycles. The van der Waals surface area contributed by atoms with E-state index >= 15 is 0 Å². The first-order chi connectivity index (χ1) is 9.76. The van der Waals surface area contributed by atoms with Crippen LogP contribution in [-0.4, -0.2) is 28.2 Å². The molecule has 1 rings (SSSR count). The normalized spacial score (nSPS) is 14.1. The molecule has 0 aliphatic rings. The summed E-state index contributed by atoms with van der Waals surface area (Å²) >= 11 is 0. The Hall–Kier alpha value is -0.910. The lowest BCUT2D eigenvalue weighted by molar-refractivity contribution is 0.173. The fraction of sp³-hybridized carbons (Fsp3) is 0.625. The molecular weight excluding hydrogens is 286 g/mol. The summed E-state index contributed by atoms with van der Waals surface area (Å²) in [4.78, 5) is 0.299. The quantitative estimate of drug-likeness (QED) is 0.802. The number of ether oxygens (including phenoxy) is 1. The Morgan fingerprint density at radius 1 is 1.19 bits per heavy atom. The van der Waals surface area contributed by atoms with Crippen molar-refractivity contribution in [2.24, 2.45) is 0 Å². The Labute approximate surface area is 129 Å². The molecule has 1 atom stereocenters. The van der Waals surface area contributed by atoms with Crippen LogP contribution in [0.15, 0.2) is 29.2 Å². The number of hydrogen-bond acceptors (Lipinski definition) is 3. The molecule has 0 amide bonds. The lowest BCUT2D eigenvalue weighted by atomic mass is 9.82. The minimum atomic E-state index is -3.49. The lowest BCUT2D eigenvalue weighted by Crippen LogP contribution is -2.37. The van der Waals surface area contributed by atoms with E-state index in [1.807, 2.05) is 19.1 Å². The van der Waals surface area contributed by atoms with Crippen molar-refractivity contribution >= 4 is 10.0 Å². The summed E-state index contributed by atoms with van der Waals surface area (Å²) in [6.07, 6.45) is 1.69. The number of nitrogens with one attached hydrogen (secondary N) is 1. The van der Waals surface area contributed by atoms with Crippen LogP contribution in [0.4, 0.5) is 0 Å². The Morgan fingerprint density at radius 2 is 1.76 bits per heavy atom. The van der Waals surface area contributed by atoms with Gasteiger partial charge in [0.2, 0.25) is 10.0 Å².